The Morgan fingerprint density at radius 2 is 1.95 bits per heavy atom. The molecule has 21 heavy (non-hydrogen) atoms. The van der Waals surface area contributed by atoms with E-state index in [0.717, 1.165) is 49.5 Å². The molecule has 4 heteroatoms. The number of hydrogen-bond acceptors (Lipinski definition) is 4. The van der Waals surface area contributed by atoms with E-state index in [0.29, 0.717) is 19.1 Å². The highest BCUT2D eigenvalue weighted by atomic mass is 16.5. The number of aliphatic hydroxyl groups is 1. The third-order valence-electron chi connectivity index (χ3n) is 4.80. The van der Waals surface area contributed by atoms with Crippen molar-refractivity contribution in [3.8, 4) is 11.5 Å². The van der Waals surface area contributed by atoms with Crippen molar-refractivity contribution in [1.29, 1.82) is 0 Å². The van der Waals surface area contributed by atoms with Crippen molar-refractivity contribution in [1.82, 2.24) is 4.90 Å². The molecule has 1 aromatic rings. The van der Waals surface area contributed by atoms with Crippen molar-refractivity contribution >= 4 is 0 Å². The molecule has 0 saturated carbocycles. The van der Waals surface area contributed by atoms with Gasteiger partial charge in [0.25, 0.3) is 0 Å². The molecular weight excluding hydrogens is 266 g/mol. The summed E-state index contributed by atoms with van der Waals surface area (Å²) < 4.78 is 11.3. The molecule has 1 N–H and O–H groups in total. The van der Waals surface area contributed by atoms with Crippen LogP contribution < -0.4 is 9.47 Å². The molecule has 0 radical (unpaired) electrons. The lowest BCUT2D eigenvalue weighted by Gasteiger charge is -2.39. The molecule has 3 unspecified atom stereocenters. The van der Waals surface area contributed by atoms with E-state index in [2.05, 4.69) is 4.90 Å². The summed E-state index contributed by atoms with van der Waals surface area (Å²) in [4.78, 5) is 2.44. The van der Waals surface area contributed by atoms with Gasteiger partial charge in [-0.15, -0.1) is 0 Å². The average molecular weight is 291 g/mol. The van der Waals surface area contributed by atoms with Crippen molar-refractivity contribution in [2.45, 2.75) is 32.3 Å². The first-order valence-electron chi connectivity index (χ1n) is 8.02. The third-order valence-corrected chi connectivity index (χ3v) is 4.80. The number of fused-ring (bicyclic) bond motifs is 2. The fourth-order valence-corrected chi connectivity index (χ4v) is 3.66. The maximum absolute atomic E-state index is 11.2. The van der Waals surface area contributed by atoms with Gasteiger partial charge in [0.1, 0.15) is 0 Å². The molecule has 2 bridgehead atoms. The van der Waals surface area contributed by atoms with Crippen LogP contribution in [0.5, 0.6) is 11.5 Å². The minimum Gasteiger partial charge on any atom is -0.490 e. The quantitative estimate of drug-likeness (QED) is 0.904. The van der Waals surface area contributed by atoms with Crippen LogP contribution in [0.4, 0.5) is 0 Å². The number of benzene rings is 1. The van der Waals surface area contributed by atoms with Crippen LogP contribution in [0.2, 0.25) is 0 Å². The van der Waals surface area contributed by atoms with Crippen molar-refractivity contribution in [3.63, 3.8) is 0 Å². The molecule has 4 nitrogen and oxygen atoms in total. The standard InChI is InChI=1S/C17H25NO3/c1-3-20-15-6-5-13(11-16(15)21-4-2)17(19)8-10-18-9-7-14(17)12-18/h5-6,11,14,19H,3-4,7-10,12H2,1-2H3. The summed E-state index contributed by atoms with van der Waals surface area (Å²) in [5.41, 5.74) is 0.254. The van der Waals surface area contributed by atoms with Crippen LogP contribution in [-0.2, 0) is 5.60 Å². The first-order valence-corrected chi connectivity index (χ1v) is 8.02. The zero-order valence-corrected chi connectivity index (χ0v) is 13.0. The minimum atomic E-state index is -0.719. The van der Waals surface area contributed by atoms with Gasteiger partial charge in [-0.2, -0.15) is 0 Å². The van der Waals surface area contributed by atoms with Crippen LogP contribution >= 0.6 is 0 Å². The van der Waals surface area contributed by atoms with E-state index in [1.165, 1.54) is 0 Å². The van der Waals surface area contributed by atoms with Gasteiger partial charge in [-0.3, -0.25) is 0 Å². The number of rotatable bonds is 5. The number of piperidine rings is 1. The molecule has 2 fully saturated rings. The summed E-state index contributed by atoms with van der Waals surface area (Å²) in [6.07, 6.45) is 1.88. The van der Waals surface area contributed by atoms with Gasteiger partial charge >= 0.3 is 0 Å². The Labute approximate surface area is 126 Å². The third kappa shape index (κ3) is 2.62. The van der Waals surface area contributed by atoms with Gasteiger partial charge in [0.2, 0.25) is 0 Å². The van der Waals surface area contributed by atoms with E-state index in [-0.39, 0.29) is 0 Å². The second-order valence-electron chi connectivity index (χ2n) is 5.99. The average Bonchev–Trinajstić information content (AvgIpc) is 2.91. The molecular formula is C17H25NO3. The molecule has 0 amide bonds. The van der Waals surface area contributed by atoms with Crippen molar-refractivity contribution in [2.24, 2.45) is 5.92 Å². The maximum atomic E-state index is 11.2. The van der Waals surface area contributed by atoms with Crippen LogP contribution in [0.15, 0.2) is 18.2 Å². The van der Waals surface area contributed by atoms with Crippen molar-refractivity contribution in [3.05, 3.63) is 23.8 Å². The van der Waals surface area contributed by atoms with Crippen LogP contribution in [0.3, 0.4) is 0 Å². The Morgan fingerprint density at radius 1 is 1.19 bits per heavy atom. The van der Waals surface area contributed by atoms with Gasteiger partial charge in [0.05, 0.1) is 18.8 Å². The van der Waals surface area contributed by atoms with E-state index in [1.54, 1.807) is 0 Å². The van der Waals surface area contributed by atoms with Gasteiger partial charge in [0, 0.05) is 19.0 Å². The summed E-state index contributed by atoms with van der Waals surface area (Å²) in [6, 6.07) is 5.91. The number of hydrogen-bond donors (Lipinski definition) is 1. The fourth-order valence-electron chi connectivity index (χ4n) is 3.66. The molecule has 3 rings (SSSR count). The summed E-state index contributed by atoms with van der Waals surface area (Å²) in [5, 5.41) is 11.2. The first kappa shape index (κ1) is 14.7. The number of nitrogens with zero attached hydrogens (tertiary/aromatic N) is 1. The minimum absolute atomic E-state index is 0.332. The molecule has 0 spiro atoms. The van der Waals surface area contributed by atoms with Gasteiger partial charge < -0.3 is 19.5 Å². The van der Waals surface area contributed by atoms with Crippen molar-refractivity contribution < 1.29 is 14.6 Å². The summed E-state index contributed by atoms with van der Waals surface area (Å²) in [6.45, 7) is 8.23. The van der Waals surface area contributed by atoms with Gasteiger partial charge in [0.15, 0.2) is 11.5 Å². The monoisotopic (exact) mass is 291 g/mol. The normalized spacial score (nSPS) is 31.2. The van der Waals surface area contributed by atoms with E-state index in [1.807, 2.05) is 32.0 Å². The van der Waals surface area contributed by atoms with Crippen LogP contribution in [-0.4, -0.2) is 42.9 Å². The molecule has 116 valence electrons. The second-order valence-corrected chi connectivity index (χ2v) is 5.99. The predicted octanol–water partition coefficient (Wildman–Crippen LogP) is 2.40. The summed E-state index contributed by atoms with van der Waals surface area (Å²) in [7, 11) is 0. The lowest BCUT2D eigenvalue weighted by atomic mass is 9.77. The van der Waals surface area contributed by atoms with Gasteiger partial charge in [-0.25, -0.2) is 0 Å². The van der Waals surface area contributed by atoms with E-state index in [9.17, 15) is 5.11 Å². The first-order chi connectivity index (χ1) is 10.2. The molecule has 2 saturated heterocycles. The zero-order chi connectivity index (χ0) is 14.9. The Hall–Kier alpha value is -1.26. The Bertz CT molecular complexity index is 505. The zero-order valence-electron chi connectivity index (χ0n) is 13.0. The number of ether oxygens (including phenoxy) is 2. The SMILES string of the molecule is CCOc1ccc(C2(O)CCN3CCC2C3)cc1OCC. The molecule has 3 atom stereocenters. The van der Waals surface area contributed by atoms with Crippen molar-refractivity contribution in [2.75, 3.05) is 32.8 Å². The van der Waals surface area contributed by atoms with E-state index in [4.69, 9.17) is 9.47 Å². The Balaban J connectivity index is 1.92. The summed E-state index contributed by atoms with van der Waals surface area (Å²) >= 11 is 0. The molecule has 2 aliphatic heterocycles. The highest BCUT2D eigenvalue weighted by molar-refractivity contribution is 5.45. The topological polar surface area (TPSA) is 41.9 Å². The van der Waals surface area contributed by atoms with E-state index < -0.39 is 5.60 Å². The molecule has 1 aromatic carbocycles. The fraction of sp³-hybridized carbons (Fsp3) is 0.647. The van der Waals surface area contributed by atoms with Crippen LogP contribution in [0.1, 0.15) is 32.3 Å². The summed E-state index contributed by atoms with van der Waals surface area (Å²) in [5.74, 6) is 1.83. The van der Waals surface area contributed by atoms with E-state index >= 15 is 0 Å². The molecule has 2 aliphatic rings. The van der Waals surface area contributed by atoms with Gasteiger partial charge in [-0.1, -0.05) is 6.07 Å². The lowest BCUT2D eigenvalue weighted by Crippen LogP contribution is -2.44. The predicted molar refractivity (Wildman–Crippen MR) is 81.8 cm³/mol. The second kappa shape index (κ2) is 5.85. The highest BCUT2D eigenvalue weighted by Crippen LogP contribution is 2.44. The largest absolute Gasteiger partial charge is 0.490 e. The van der Waals surface area contributed by atoms with Gasteiger partial charge in [-0.05, 0) is 50.9 Å². The highest BCUT2D eigenvalue weighted by Gasteiger charge is 2.46. The van der Waals surface area contributed by atoms with Crippen LogP contribution in [0, 0.1) is 5.92 Å². The molecule has 0 aromatic heterocycles. The van der Waals surface area contributed by atoms with Crippen LogP contribution in [0.25, 0.3) is 0 Å². The molecule has 0 aliphatic carbocycles. The Kier molecular flexibility index (Phi) is 4.09. The molecule has 2 heterocycles. The smallest absolute Gasteiger partial charge is 0.161 e. The Morgan fingerprint density at radius 3 is 2.71 bits per heavy atom. The maximum Gasteiger partial charge on any atom is 0.161 e. The lowest BCUT2D eigenvalue weighted by molar-refractivity contribution is -0.0504.